The normalized spacial score (nSPS) is 12.0. The van der Waals surface area contributed by atoms with Gasteiger partial charge in [0.15, 0.2) is 5.78 Å². The molecule has 4 aliphatic rings. The Hall–Kier alpha value is -9.67. The highest BCUT2D eigenvalue weighted by Gasteiger charge is 2.30. The number of nitrogens with one attached hydrogen (secondary N) is 4. The van der Waals surface area contributed by atoms with Crippen LogP contribution in [0.1, 0.15) is 130 Å². The van der Waals surface area contributed by atoms with E-state index in [-0.39, 0.29) is 66.6 Å². The largest absolute Gasteiger partial charge is 0.744 e. The summed E-state index contributed by atoms with van der Waals surface area (Å²) in [7, 11) is -2.05. The van der Waals surface area contributed by atoms with Crippen LogP contribution >= 0.6 is 0 Å². The summed E-state index contributed by atoms with van der Waals surface area (Å²) in [6.45, 7) is 18.6. The smallest absolute Gasteiger partial charge is 0.303 e. The third-order valence-corrected chi connectivity index (χ3v) is 19.6. The highest BCUT2D eigenvalue weighted by atomic mass is 32.2. The molecule has 0 saturated heterocycles. The summed E-state index contributed by atoms with van der Waals surface area (Å²) in [5.74, 6) is -3.30. The number of rotatable bonds is 33. The topological polar surface area (TPSA) is 361 Å². The molecule has 0 saturated carbocycles. The number of amides is 2. The second-order valence-corrected chi connectivity index (χ2v) is 28.5. The number of aromatic carboxylic acids is 1. The maximum Gasteiger partial charge on any atom is 0.303 e. The summed E-state index contributed by atoms with van der Waals surface area (Å²) in [5.41, 5.74) is 6.28. The van der Waals surface area contributed by atoms with Gasteiger partial charge in [0.2, 0.25) is 32.6 Å². The maximum atomic E-state index is 13.8. The Balaban J connectivity index is 0.000000282. The number of carboxylic acids is 3. The highest BCUT2D eigenvalue weighted by molar-refractivity contribution is 7.89. The fourth-order valence-electron chi connectivity index (χ4n) is 12.0. The number of carbonyl (C=O) groups is 7. The Morgan fingerprint density at radius 1 is 0.573 bits per heavy atom. The van der Waals surface area contributed by atoms with Crippen LogP contribution in [0, 0.1) is 0 Å². The van der Waals surface area contributed by atoms with Crippen LogP contribution in [0.15, 0.2) is 134 Å². The Labute approximate surface area is 601 Å². The van der Waals surface area contributed by atoms with Gasteiger partial charge in [-0.15, -0.1) is 0 Å². The van der Waals surface area contributed by atoms with E-state index in [4.69, 9.17) is 19.0 Å². The van der Waals surface area contributed by atoms with Gasteiger partial charge >= 0.3 is 11.9 Å². The van der Waals surface area contributed by atoms with Crippen LogP contribution in [-0.4, -0.2) is 158 Å². The summed E-state index contributed by atoms with van der Waals surface area (Å²) in [6, 6.07) is 31.6. The number of ketones is 2. The van der Waals surface area contributed by atoms with Crippen molar-refractivity contribution in [2.24, 2.45) is 0 Å². The van der Waals surface area contributed by atoms with E-state index in [1.807, 2.05) is 152 Å². The number of hydrogen-bond donors (Lipinski definition) is 6. The van der Waals surface area contributed by atoms with Gasteiger partial charge in [-0.05, 0) is 120 Å². The monoisotopic (exact) mass is 1460 g/mol. The number of hydrogen-bond acceptors (Lipinski definition) is 18. The highest BCUT2D eigenvalue weighted by Crippen LogP contribution is 2.45. The Kier molecular flexibility index (Phi) is 30.4. The summed E-state index contributed by atoms with van der Waals surface area (Å²) in [4.78, 5) is 83.1. The number of anilines is 2. The van der Waals surface area contributed by atoms with E-state index in [2.05, 4.69) is 30.1 Å². The maximum absolute atomic E-state index is 13.8. The molecule has 0 spiro atoms. The molecule has 27 heteroatoms. The molecule has 2 heterocycles. The van der Waals surface area contributed by atoms with Crippen molar-refractivity contribution < 1.29 is 79.1 Å². The average Bonchev–Trinajstić information content (AvgIpc) is 0.748. The van der Waals surface area contributed by atoms with Gasteiger partial charge in [0, 0.05) is 153 Å². The van der Waals surface area contributed by atoms with Crippen molar-refractivity contribution in [3.05, 3.63) is 132 Å². The second-order valence-electron chi connectivity index (χ2n) is 25.5. The lowest BCUT2D eigenvalue weighted by Crippen LogP contribution is -2.41. The standard InChI is InChI=1S/C38H48N4O10S2.C24H22N2O3.C14H26N2O4/c1-6-41(7-2)26-13-16-29-34(22-26)52-35-23-27(42(8-3)9-4)14-17-30(35)38(29)31-18-15-28(24-36(31)54(49,50)51)53(47,48)40-32(33(44)19-20-37(45)46)12-10-11-21-39-25(5)43;1-25(2)15-9-11-19-21(13-15)29-22-14-16(26(3)4)10-12-20(22)23(19)17-7-5-6-8-18(17)24(27)28;1-10(2)16-12(13(18)7-8-14(19)20)6-4-5-9-15-11(3)17/h13-18,22-24,32,40H,6-12,19-21H2,1-5H3,(H2-,39,43,45,46,49,50,51);5-14H,1-4H3;10,12,16H,4-9H2,1-3H3,(H,15,17)(H,19,20)/t32-;;12-/m0.0/s1. The molecule has 0 fully saturated rings. The molecule has 2 aliphatic heterocycles. The second kappa shape index (κ2) is 38.0. The number of Topliss-reactive ketones (excluding diaryl/α,β-unsaturated/α-hetero) is 2. The van der Waals surface area contributed by atoms with Gasteiger partial charge < -0.3 is 59.3 Å². The number of carbonyl (C=O) groups excluding carboxylic acids is 5. The molecule has 2 atom stereocenters. The number of nitrogens with zero attached hydrogens (tertiary/aromatic N) is 4. The number of fused-ring (bicyclic) bond motifs is 4. The van der Waals surface area contributed by atoms with Gasteiger partial charge in [-0.25, -0.2) is 30.7 Å². The summed E-state index contributed by atoms with van der Waals surface area (Å²) in [5, 5.41) is 41.2. The molecular weight excluding hydrogens is 1360 g/mol. The quantitative estimate of drug-likeness (QED) is 0.00984. The number of benzene rings is 6. The van der Waals surface area contributed by atoms with Gasteiger partial charge in [0.25, 0.3) is 0 Å². The molecule has 0 radical (unpaired) electrons. The Morgan fingerprint density at radius 2 is 1.06 bits per heavy atom. The molecule has 4 aromatic carbocycles. The molecule has 0 aromatic heterocycles. The van der Waals surface area contributed by atoms with E-state index < -0.39 is 72.5 Å². The lowest BCUT2D eigenvalue weighted by molar-refractivity contribution is -0.255. The lowest BCUT2D eigenvalue weighted by Gasteiger charge is -2.23. The molecule has 0 bridgehead atoms. The van der Waals surface area contributed by atoms with Crippen molar-refractivity contribution in [3.8, 4) is 44.9 Å². The molecule has 554 valence electrons. The predicted molar refractivity (Wildman–Crippen MR) is 395 cm³/mol. The van der Waals surface area contributed by atoms with Gasteiger partial charge in [0.05, 0.1) is 52.8 Å². The minimum atomic E-state index is -5.31. The summed E-state index contributed by atoms with van der Waals surface area (Å²) in [6.07, 6.45) is 1.95. The van der Waals surface area contributed by atoms with Crippen LogP contribution in [0.3, 0.4) is 0 Å². The predicted octanol–water partition coefficient (Wildman–Crippen LogP) is 7.91. The SMILES string of the molecule is CC(=O)NCCCC[C@H](NC(C)C)C(=O)CCC(=O)O.CCN(CC)c1ccc2c(-c3ccc(S(=O)(=O)N[C@@H](CCCCNC(C)=O)C(=O)CCC(=O)O)cc3S(=O)(=O)[O-])c3ccc(=[N+](CC)CC)cc-3oc2c1.CN(C)c1ccc2c(-c3ccccc3C(=O)[O-])c3ccc(=[N+](C)C)cc-3oc2c1. The minimum absolute atomic E-state index is 0.0154. The fraction of sp³-hybridized carbons (Fsp3) is 0.408. The van der Waals surface area contributed by atoms with Crippen molar-refractivity contribution in [2.75, 3.05) is 77.3 Å². The molecule has 8 rings (SSSR count). The molecule has 6 N–H and O–H groups in total. The lowest BCUT2D eigenvalue weighted by atomic mass is 9.90. The van der Waals surface area contributed by atoms with Gasteiger partial charge in [-0.1, -0.05) is 44.2 Å². The summed E-state index contributed by atoms with van der Waals surface area (Å²) >= 11 is 0. The first kappa shape index (κ1) is 82.3. The van der Waals surface area contributed by atoms with Crippen LogP contribution in [0.4, 0.5) is 11.4 Å². The first-order valence-corrected chi connectivity index (χ1v) is 37.3. The van der Waals surface area contributed by atoms with Gasteiger partial charge in [-0.2, -0.15) is 0 Å². The Morgan fingerprint density at radius 3 is 1.54 bits per heavy atom. The van der Waals surface area contributed by atoms with Crippen molar-refractivity contribution >= 4 is 94.7 Å². The molecule has 4 aromatic rings. The zero-order chi connectivity index (χ0) is 76.0. The van der Waals surface area contributed by atoms with Gasteiger partial charge in [-0.3, -0.25) is 28.8 Å². The van der Waals surface area contributed by atoms with Crippen molar-refractivity contribution in [1.82, 2.24) is 29.8 Å². The zero-order valence-corrected chi connectivity index (χ0v) is 62.3. The molecule has 103 heavy (non-hydrogen) atoms. The fourth-order valence-corrected chi connectivity index (χ4v) is 14.0. The van der Waals surface area contributed by atoms with Crippen molar-refractivity contribution in [1.29, 1.82) is 0 Å². The van der Waals surface area contributed by atoms with Crippen LogP contribution in [0.25, 0.3) is 66.8 Å². The van der Waals surface area contributed by atoms with Crippen LogP contribution in [-0.2, 0) is 48.9 Å². The first-order chi connectivity index (χ1) is 48.7. The molecule has 25 nitrogen and oxygen atoms in total. The zero-order valence-electron chi connectivity index (χ0n) is 60.6. The van der Waals surface area contributed by atoms with E-state index in [1.165, 1.54) is 19.9 Å². The Bertz CT molecular complexity index is 4680. The molecule has 0 unspecified atom stereocenters. The van der Waals surface area contributed by atoms with E-state index in [0.717, 1.165) is 89.8 Å². The third kappa shape index (κ3) is 22.9. The number of carboxylic acid groups (broad SMARTS) is 3. The number of aliphatic carboxylic acids is 2. The number of sulfonamides is 1. The molecule has 2 amide bonds. The van der Waals surface area contributed by atoms with E-state index in [1.54, 1.807) is 24.3 Å². The third-order valence-electron chi connectivity index (χ3n) is 17.3. The van der Waals surface area contributed by atoms with Crippen molar-refractivity contribution in [3.63, 3.8) is 0 Å². The first-order valence-electron chi connectivity index (χ1n) is 34.4. The van der Waals surface area contributed by atoms with Crippen molar-refractivity contribution in [2.45, 2.75) is 148 Å². The van der Waals surface area contributed by atoms with E-state index in [9.17, 15) is 60.1 Å². The molecule has 2 aliphatic carbocycles. The molecular formula is C76H96N8O17S2. The van der Waals surface area contributed by atoms with Crippen LogP contribution in [0.5, 0.6) is 0 Å². The van der Waals surface area contributed by atoms with Crippen LogP contribution in [0.2, 0.25) is 0 Å². The minimum Gasteiger partial charge on any atom is -0.744 e. The number of unbranched alkanes of at least 4 members (excludes halogenated alkanes) is 2. The van der Waals surface area contributed by atoms with E-state index in [0.29, 0.717) is 70.6 Å². The average molecular weight is 1460 g/mol. The van der Waals surface area contributed by atoms with Gasteiger partial charge in [0.1, 0.15) is 65.8 Å². The van der Waals surface area contributed by atoms with Crippen LogP contribution < -0.4 is 55.4 Å². The van der Waals surface area contributed by atoms with E-state index >= 15 is 0 Å². The summed E-state index contributed by atoms with van der Waals surface area (Å²) < 4.78 is 85.7.